The van der Waals surface area contributed by atoms with Gasteiger partial charge in [-0.05, 0) is 89.7 Å². The zero-order chi connectivity index (χ0) is 25.6. The minimum atomic E-state index is -4.52. The van der Waals surface area contributed by atoms with Crippen LogP contribution in [0.15, 0.2) is 71.2 Å². The van der Waals surface area contributed by atoms with E-state index >= 15 is 0 Å². The molecule has 2 amide bonds. The van der Waals surface area contributed by atoms with Crippen molar-refractivity contribution in [3.63, 3.8) is 0 Å². The van der Waals surface area contributed by atoms with Crippen molar-refractivity contribution in [1.82, 2.24) is 5.32 Å². The molecular formula is C24H19BrF3N3O3S. The topological polar surface area (TPSA) is 79.5 Å². The third-order valence-electron chi connectivity index (χ3n) is 4.55. The van der Waals surface area contributed by atoms with Crippen LogP contribution in [0.25, 0.3) is 0 Å². The van der Waals surface area contributed by atoms with Crippen molar-refractivity contribution in [2.45, 2.75) is 13.1 Å². The minimum Gasteiger partial charge on any atom is -0.493 e. The SMILES string of the molecule is CCOc1ccc(C(=O)NC(=S)Nc2cccc(C(=O)Nc3cccc(C(F)(F)F)c3)c2)cc1Br. The highest BCUT2D eigenvalue weighted by Gasteiger charge is 2.30. The molecule has 0 aliphatic heterocycles. The fourth-order valence-corrected chi connectivity index (χ4v) is 3.67. The average molecular weight is 566 g/mol. The first-order valence-electron chi connectivity index (χ1n) is 10.2. The van der Waals surface area contributed by atoms with Crippen molar-refractivity contribution in [3.8, 4) is 5.75 Å². The van der Waals surface area contributed by atoms with Crippen LogP contribution in [-0.4, -0.2) is 23.5 Å². The van der Waals surface area contributed by atoms with Gasteiger partial charge in [-0.15, -0.1) is 0 Å². The molecule has 35 heavy (non-hydrogen) atoms. The molecule has 11 heteroatoms. The van der Waals surface area contributed by atoms with Crippen molar-refractivity contribution in [3.05, 3.63) is 87.9 Å². The van der Waals surface area contributed by atoms with Gasteiger partial charge in [0.25, 0.3) is 11.8 Å². The van der Waals surface area contributed by atoms with E-state index in [1.54, 1.807) is 30.3 Å². The van der Waals surface area contributed by atoms with Crippen molar-refractivity contribution < 1.29 is 27.5 Å². The highest BCUT2D eigenvalue weighted by molar-refractivity contribution is 9.10. The van der Waals surface area contributed by atoms with Gasteiger partial charge in [-0.25, -0.2) is 0 Å². The Bertz CT molecular complexity index is 1270. The molecule has 0 fully saturated rings. The average Bonchev–Trinajstić information content (AvgIpc) is 2.80. The summed E-state index contributed by atoms with van der Waals surface area (Å²) >= 11 is 8.54. The molecule has 6 nitrogen and oxygen atoms in total. The number of ether oxygens (including phenoxy) is 1. The lowest BCUT2D eigenvalue weighted by atomic mass is 10.1. The first kappa shape index (κ1) is 26.2. The summed E-state index contributed by atoms with van der Waals surface area (Å²) in [7, 11) is 0. The molecule has 0 radical (unpaired) electrons. The zero-order valence-electron chi connectivity index (χ0n) is 18.2. The normalized spacial score (nSPS) is 10.9. The fraction of sp³-hybridized carbons (Fsp3) is 0.125. The van der Waals surface area contributed by atoms with Crippen LogP contribution < -0.4 is 20.7 Å². The molecule has 3 aromatic carbocycles. The molecule has 0 saturated carbocycles. The maximum Gasteiger partial charge on any atom is 0.416 e. The number of benzene rings is 3. The molecule has 0 unspecified atom stereocenters. The van der Waals surface area contributed by atoms with Gasteiger partial charge < -0.3 is 15.4 Å². The molecule has 0 heterocycles. The Balaban J connectivity index is 1.64. The lowest BCUT2D eigenvalue weighted by Crippen LogP contribution is -2.34. The highest BCUT2D eigenvalue weighted by atomic mass is 79.9. The largest absolute Gasteiger partial charge is 0.493 e. The molecule has 0 aromatic heterocycles. The summed E-state index contributed by atoms with van der Waals surface area (Å²) in [5.41, 5.74) is 0.0643. The molecule has 3 aromatic rings. The maximum absolute atomic E-state index is 12.9. The van der Waals surface area contributed by atoms with E-state index in [1.165, 1.54) is 24.3 Å². The molecule has 0 aliphatic rings. The van der Waals surface area contributed by atoms with Crippen LogP contribution in [0.3, 0.4) is 0 Å². The predicted octanol–water partition coefficient (Wildman–Crippen LogP) is 6.25. The Morgan fingerprint density at radius 3 is 2.23 bits per heavy atom. The molecule has 0 bridgehead atoms. The van der Waals surface area contributed by atoms with Gasteiger partial charge in [-0.3, -0.25) is 14.9 Å². The van der Waals surface area contributed by atoms with Gasteiger partial charge in [-0.1, -0.05) is 12.1 Å². The first-order valence-corrected chi connectivity index (χ1v) is 11.4. The molecule has 182 valence electrons. The second-order valence-corrected chi connectivity index (χ2v) is 8.36. The summed E-state index contributed by atoms with van der Waals surface area (Å²) in [5, 5.41) is 7.79. The van der Waals surface area contributed by atoms with Crippen LogP contribution in [0.2, 0.25) is 0 Å². The summed E-state index contributed by atoms with van der Waals surface area (Å²) in [4.78, 5) is 25.0. The number of alkyl halides is 3. The number of rotatable bonds is 6. The van der Waals surface area contributed by atoms with Crippen molar-refractivity contribution in [2.24, 2.45) is 0 Å². The van der Waals surface area contributed by atoms with Gasteiger partial charge in [0.15, 0.2) is 5.11 Å². The standard InChI is InChI=1S/C24H19BrF3N3O3S/c1-2-34-20-10-9-15(12-19(20)25)22(33)31-23(35)30-17-7-3-5-14(11-17)21(32)29-18-8-4-6-16(13-18)24(26,27)28/h3-13H,2H2,1H3,(H,29,32)(H2,30,31,33,35). The smallest absolute Gasteiger partial charge is 0.416 e. The summed E-state index contributed by atoms with van der Waals surface area (Å²) in [6.45, 7) is 2.33. The van der Waals surface area contributed by atoms with E-state index in [9.17, 15) is 22.8 Å². The fourth-order valence-electron chi connectivity index (χ4n) is 2.97. The number of nitrogens with one attached hydrogen (secondary N) is 3. The van der Waals surface area contributed by atoms with E-state index in [-0.39, 0.29) is 16.4 Å². The Morgan fingerprint density at radius 2 is 1.57 bits per heavy atom. The highest BCUT2D eigenvalue weighted by Crippen LogP contribution is 2.31. The van der Waals surface area contributed by atoms with Crippen LogP contribution in [0.4, 0.5) is 24.5 Å². The molecule has 0 spiro atoms. The number of hydrogen-bond donors (Lipinski definition) is 3. The molecule has 0 aliphatic carbocycles. The van der Waals surface area contributed by atoms with E-state index in [0.29, 0.717) is 28.1 Å². The van der Waals surface area contributed by atoms with Crippen molar-refractivity contribution in [2.75, 3.05) is 17.2 Å². The Morgan fingerprint density at radius 1 is 0.914 bits per heavy atom. The zero-order valence-corrected chi connectivity index (χ0v) is 20.6. The summed E-state index contributed by atoms with van der Waals surface area (Å²) in [6, 6.07) is 15.3. The number of halogens is 4. The van der Waals surface area contributed by atoms with Crippen molar-refractivity contribution >= 4 is 56.4 Å². The van der Waals surface area contributed by atoms with E-state index < -0.39 is 23.6 Å². The van der Waals surface area contributed by atoms with Crippen LogP contribution in [-0.2, 0) is 6.18 Å². The third-order valence-corrected chi connectivity index (χ3v) is 5.38. The van der Waals surface area contributed by atoms with Crippen molar-refractivity contribution in [1.29, 1.82) is 0 Å². The van der Waals surface area contributed by atoms with Crippen LogP contribution in [0.5, 0.6) is 5.75 Å². The van der Waals surface area contributed by atoms with Gasteiger partial charge in [-0.2, -0.15) is 13.2 Å². The lowest BCUT2D eigenvalue weighted by molar-refractivity contribution is -0.137. The third kappa shape index (κ3) is 7.27. The Labute approximate surface area is 213 Å². The lowest BCUT2D eigenvalue weighted by Gasteiger charge is -2.12. The minimum absolute atomic E-state index is 0.00422. The monoisotopic (exact) mass is 565 g/mol. The maximum atomic E-state index is 12.9. The Kier molecular flexibility index (Phi) is 8.47. The van der Waals surface area contributed by atoms with Crippen LogP contribution in [0, 0.1) is 0 Å². The van der Waals surface area contributed by atoms with Gasteiger partial charge in [0.2, 0.25) is 0 Å². The number of carbonyl (C=O) groups excluding carboxylic acids is 2. The molecule has 3 N–H and O–H groups in total. The molecular weight excluding hydrogens is 547 g/mol. The molecule has 3 rings (SSSR count). The van der Waals surface area contributed by atoms with E-state index in [0.717, 1.165) is 12.1 Å². The van der Waals surface area contributed by atoms with E-state index in [2.05, 4.69) is 31.9 Å². The number of thiocarbonyl (C=S) groups is 1. The number of amides is 2. The first-order chi connectivity index (χ1) is 16.6. The quantitative estimate of drug-likeness (QED) is 0.308. The summed E-state index contributed by atoms with van der Waals surface area (Å²) in [6.07, 6.45) is -4.52. The van der Waals surface area contributed by atoms with Gasteiger partial charge in [0, 0.05) is 22.5 Å². The van der Waals surface area contributed by atoms with Gasteiger partial charge >= 0.3 is 6.18 Å². The number of anilines is 2. The number of hydrogen-bond acceptors (Lipinski definition) is 4. The molecule has 0 saturated heterocycles. The van der Waals surface area contributed by atoms with E-state index in [4.69, 9.17) is 17.0 Å². The second kappa shape index (κ2) is 11.3. The summed E-state index contributed by atoms with van der Waals surface area (Å²) in [5.74, 6) is -0.461. The predicted molar refractivity (Wildman–Crippen MR) is 135 cm³/mol. The van der Waals surface area contributed by atoms with Crippen LogP contribution >= 0.6 is 28.1 Å². The second-order valence-electron chi connectivity index (χ2n) is 7.10. The van der Waals surface area contributed by atoms with E-state index in [1.807, 2.05) is 6.92 Å². The summed E-state index contributed by atoms with van der Waals surface area (Å²) < 4.78 is 44.7. The van der Waals surface area contributed by atoms with Crippen LogP contribution in [0.1, 0.15) is 33.2 Å². The van der Waals surface area contributed by atoms with Gasteiger partial charge in [0.1, 0.15) is 5.75 Å². The number of carbonyl (C=O) groups is 2. The molecule has 0 atom stereocenters. The van der Waals surface area contributed by atoms with Gasteiger partial charge in [0.05, 0.1) is 16.6 Å². The Hall–Kier alpha value is -3.44.